The molecule has 0 spiro atoms. The predicted molar refractivity (Wildman–Crippen MR) is 86.4 cm³/mol. The summed E-state index contributed by atoms with van der Waals surface area (Å²) in [7, 11) is 1.77. The van der Waals surface area contributed by atoms with Crippen LogP contribution >= 0.6 is 11.8 Å². The highest BCUT2D eigenvalue weighted by molar-refractivity contribution is 7.99. The monoisotopic (exact) mass is 336 g/mol. The second kappa shape index (κ2) is 6.57. The van der Waals surface area contributed by atoms with Gasteiger partial charge in [-0.2, -0.15) is 5.10 Å². The number of hydrogen-bond donors (Lipinski definition) is 1. The summed E-state index contributed by atoms with van der Waals surface area (Å²) in [5, 5.41) is 19.1. The first-order chi connectivity index (χ1) is 11.1. The van der Waals surface area contributed by atoms with Crippen LogP contribution < -0.4 is 4.90 Å². The van der Waals surface area contributed by atoms with Gasteiger partial charge in [0.2, 0.25) is 11.1 Å². The number of hydrogen-bond acceptors (Lipinski definition) is 7. The summed E-state index contributed by atoms with van der Waals surface area (Å²) in [5.74, 6) is 0.483. The van der Waals surface area contributed by atoms with Gasteiger partial charge in [-0.25, -0.2) is 4.68 Å². The summed E-state index contributed by atoms with van der Waals surface area (Å²) in [6.07, 6.45) is 0. The number of anilines is 1. The molecule has 23 heavy (non-hydrogen) atoms. The Bertz CT molecular complexity index is 668. The minimum absolute atomic E-state index is 0.123. The Labute approximate surface area is 138 Å². The summed E-state index contributed by atoms with van der Waals surface area (Å²) in [5.41, 5.74) is 3.25. The third-order valence-electron chi connectivity index (χ3n) is 3.94. The number of H-pyrrole nitrogens is 1. The summed E-state index contributed by atoms with van der Waals surface area (Å²) in [4.78, 5) is 16.5. The number of nitrogens with one attached hydrogen (secondary N) is 1. The molecule has 2 aromatic rings. The van der Waals surface area contributed by atoms with Gasteiger partial charge in [0.1, 0.15) is 0 Å². The normalized spacial score (nSPS) is 15.3. The molecule has 0 atom stereocenters. The van der Waals surface area contributed by atoms with Gasteiger partial charge in [-0.1, -0.05) is 11.8 Å². The van der Waals surface area contributed by atoms with Crippen molar-refractivity contribution in [2.24, 2.45) is 7.05 Å². The van der Waals surface area contributed by atoms with Crippen LogP contribution in [-0.2, 0) is 11.8 Å². The van der Waals surface area contributed by atoms with Gasteiger partial charge in [-0.3, -0.25) is 9.89 Å². The molecule has 0 aromatic carbocycles. The Balaban J connectivity index is 1.52. The second-order valence-corrected chi connectivity index (χ2v) is 6.47. The topological polar surface area (TPSA) is 95.8 Å². The minimum atomic E-state index is 0.123. The molecule has 124 valence electrons. The van der Waals surface area contributed by atoms with Crippen molar-refractivity contribution in [2.75, 3.05) is 36.8 Å². The number of carbonyl (C=O) groups is 1. The van der Waals surface area contributed by atoms with Crippen LogP contribution in [0.5, 0.6) is 0 Å². The van der Waals surface area contributed by atoms with Gasteiger partial charge in [-0.05, 0) is 24.3 Å². The zero-order valence-corrected chi connectivity index (χ0v) is 14.3. The van der Waals surface area contributed by atoms with Gasteiger partial charge in [-0.15, -0.1) is 5.10 Å². The molecule has 0 aliphatic carbocycles. The molecule has 1 aliphatic heterocycles. The number of nitrogens with zero attached hydrogens (tertiary/aromatic N) is 7. The highest BCUT2D eigenvalue weighted by Crippen LogP contribution is 2.23. The number of amides is 1. The van der Waals surface area contributed by atoms with E-state index in [0.717, 1.165) is 43.3 Å². The Morgan fingerprint density at radius 3 is 2.57 bits per heavy atom. The fourth-order valence-corrected chi connectivity index (χ4v) is 3.50. The summed E-state index contributed by atoms with van der Waals surface area (Å²) >= 11 is 1.37. The average molecular weight is 336 g/mol. The number of piperazine rings is 1. The number of aryl methyl sites for hydroxylation is 3. The lowest BCUT2D eigenvalue weighted by molar-refractivity contribution is -0.128. The summed E-state index contributed by atoms with van der Waals surface area (Å²) in [6.45, 7) is 7.12. The predicted octanol–water partition coefficient (Wildman–Crippen LogP) is -0.00906. The smallest absolute Gasteiger partial charge is 0.233 e. The van der Waals surface area contributed by atoms with Gasteiger partial charge in [0.05, 0.1) is 22.8 Å². The van der Waals surface area contributed by atoms with E-state index in [4.69, 9.17) is 0 Å². The maximum Gasteiger partial charge on any atom is 0.233 e. The number of aromatic nitrogens is 6. The van der Waals surface area contributed by atoms with Crippen LogP contribution in [0.15, 0.2) is 5.16 Å². The van der Waals surface area contributed by atoms with Gasteiger partial charge >= 0.3 is 0 Å². The molecule has 0 unspecified atom stereocenters. The van der Waals surface area contributed by atoms with Crippen LogP contribution in [0.3, 0.4) is 0 Å². The van der Waals surface area contributed by atoms with Crippen LogP contribution in [0.1, 0.15) is 11.4 Å². The SMILES string of the molecule is Cc1n[nH]c(C)c1N1CCN(C(=O)CSc2nnnn2C)CC1. The maximum atomic E-state index is 12.3. The van der Waals surface area contributed by atoms with E-state index in [0.29, 0.717) is 10.9 Å². The zero-order chi connectivity index (χ0) is 16.4. The molecule has 1 fully saturated rings. The second-order valence-electron chi connectivity index (χ2n) is 5.52. The van der Waals surface area contributed by atoms with E-state index in [1.54, 1.807) is 11.7 Å². The molecule has 1 aliphatic rings. The average Bonchev–Trinajstić information content (AvgIpc) is 3.11. The lowest BCUT2D eigenvalue weighted by Gasteiger charge is -2.36. The Morgan fingerprint density at radius 2 is 2.00 bits per heavy atom. The van der Waals surface area contributed by atoms with Crippen molar-refractivity contribution in [1.82, 2.24) is 35.3 Å². The van der Waals surface area contributed by atoms with Crippen LogP contribution in [0.2, 0.25) is 0 Å². The van der Waals surface area contributed by atoms with Gasteiger partial charge < -0.3 is 9.80 Å². The first kappa shape index (κ1) is 15.8. The summed E-state index contributed by atoms with van der Waals surface area (Å²) in [6, 6.07) is 0. The van der Waals surface area contributed by atoms with Crippen LogP contribution in [0.25, 0.3) is 0 Å². The number of tetrazole rings is 1. The molecule has 1 saturated heterocycles. The molecule has 0 bridgehead atoms. The van der Waals surface area contributed by atoms with E-state index in [9.17, 15) is 4.79 Å². The van der Waals surface area contributed by atoms with E-state index in [2.05, 4.69) is 30.6 Å². The Morgan fingerprint density at radius 1 is 1.26 bits per heavy atom. The molecular formula is C13H20N8OS. The van der Waals surface area contributed by atoms with Crippen LogP contribution in [0.4, 0.5) is 5.69 Å². The fraction of sp³-hybridized carbons (Fsp3) is 0.615. The highest BCUT2D eigenvalue weighted by atomic mass is 32.2. The van der Waals surface area contributed by atoms with E-state index in [-0.39, 0.29) is 5.91 Å². The molecule has 9 nitrogen and oxygen atoms in total. The molecule has 10 heteroatoms. The van der Waals surface area contributed by atoms with Crippen molar-refractivity contribution in [3.8, 4) is 0 Å². The number of carbonyl (C=O) groups excluding carboxylic acids is 1. The van der Waals surface area contributed by atoms with Crippen LogP contribution in [-0.4, -0.2) is 73.1 Å². The van der Waals surface area contributed by atoms with Crippen molar-refractivity contribution in [3.05, 3.63) is 11.4 Å². The minimum Gasteiger partial charge on any atom is -0.365 e. The van der Waals surface area contributed by atoms with Crippen molar-refractivity contribution in [1.29, 1.82) is 0 Å². The van der Waals surface area contributed by atoms with Crippen molar-refractivity contribution < 1.29 is 4.79 Å². The first-order valence-electron chi connectivity index (χ1n) is 7.45. The van der Waals surface area contributed by atoms with E-state index >= 15 is 0 Å². The third-order valence-corrected chi connectivity index (χ3v) is 4.94. The quantitative estimate of drug-likeness (QED) is 0.785. The molecule has 0 saturated carbocycles. The van der Waals surface area contributed by atoms with Gasteiger partial charge in [0, 0.05) is 33.2 Å². The lowest BCUT2D eigenvalue weighted by Crippen LogP contribution is -2.49. The molecule has 3 rings (SSSR count). The number of aromatic amines is 1. The van der Waals surface area contributed by atoms with E-state index < -0.39 is 0 Å². The van der Waals surface area contributed by atoms with Gasteiger partial charge in [0.25, 0.3) is 0 Å². The molecule has 1 N–H and O–H groups in total. The fourth-order valence-electron chi connectivity index (χ4n) is 2.75. The van der Waals surface area contributed by atoms with E-state index in [1.165, 1.54) is 11.8 Å². The standard InChI is InChI=1S/C13H20N8OS/c1-9-12(10(2)15-14-9)21-6-4-20(5-7-21)11(22)8-23-13-16-17-18-19(13)3/h4-8H2,1-3H3,(H,14,15). The van der Waals surface area contributed by atoms with Crippen molar-refractivity contribution >= 4 is 23.4 Å². The third kappa shape index (κ3) is 3.31. The molecule has 1 amide bonds. The Kier molecular flexibility index (Phi) is 4.51. The molecule has 2 aromatic heterocycles. The maximum absolute atomic E-state index is 12.3. The van der Waals surface area contributed by atoms with Crippen molar-refractivity contribution in [3.63, 3.8) is 0 Å². The van der Waals surface area contributed by atoms with E-state index in [1.807, 2.05) is 18.7 Å². The number of thioether (sulfide) groups is 1. The lowest BCUT2D eigenvalue weighted by atomic mass is 10.2. The zero-order valence-electron chi connectivity index (χ0n) is 13.5. The Hall–Kier alpha value is -2.10. The molecule has 0 radical (unpaired) electrons. The molecular weight excluding hydrogens is 316 g/mol. The first-order valence-corrected chi connectivity index (χ1v) is 8.44. The van der Waals surface area contributed by atoms with Crippen LogP contribution in [0, 0.1) is 13.8 Å². The molecule has 3 heterocycles. The van der Waals surface area contributed by atoms with Crippen molar-refractivity contribution in [2.45, 2.75) is 19.0 Å². The van der Waals surface area contributed by atoms with Gasteiger partial charge in [0.15, 0.2) is 0 Å². The highest BCUT2D eigenvalue weighted by Gasteiger charge is 2.24. The summed E-state index contributed by atoms with van der Waals surface area (Å²) < 4.78 is 1.57. The largest absolute Gasteiger partial charge is 0.365 e. The number of rotatable bonds is 4.